The Balaban J connectivity index is 1.69. The summed E-state index contributed by atoms with van der Waals surface area (Å²) in [5.41, 5.74) is 1.78. The highest BCUT2D eigenvalue weighted by Gasteiger charge is 2.19. The van der Waals surface area contributed by atoms with Gasteiger partial charge in [0.05, 0.1) is 43.6 Å². The second kappa shape index (κ2) is 13.1. The van der Waals surface area contributed by atoms with E-state index in [0.29, 0.717) is 59.0 Å². The molecule has 10 nitrogen and oxygen atoms in total. The second-order valence-corrected chi connectivity index (χ2v) is 9.02. The van der Waals surface area contributed by atoms with Crippen molar-refractivity contribution in [2.75, 3.05) is 38.0 Å². The first-order valence-corrected chi connectivity index (χ1v) is 12.7. The number of benzene rings is 3. The highest BCUT2D eigenvalue weighted by Crippen LogP contribution is 2.45. The lowest BCUT2D eigenvalue weighted by Gasteiger charge is -2.17. The van der Waals surface area contributed by atoms with Crippen molar-refractivity contribution in [3.05, 3.63) is 65.7 Å². The molecule has 4 aromatic rings. The van der Waals surface area contributed by atoms with Crippen LogP contribution in [0.15, 0.2) is 54.6 Å². The summed E-state index contributed by atoms with van der Waals surface area (Å²) in [5.74, 6) is 2.28. The zero-order chi connectivity index (χ0) is 28.5. The Kier molecular flexibility index (Phi) is 9.19. The number of fused-ring (bicyclic) bond motifs is 1. The van der Waals surface area contributed by atoms with Crippen LogP contribution in [0.25, 0.3) is 10.8 Å². The Morgan fingerprint density at radius 3 is 2.30 bits per heavy atom. The van der Waals surface area contributed by atoms with Crippen LogP contribution in [-0.4, -0.2) is 43.4 Å². The van der Waals surface area contributed by atoms with Crippen LogP contribution in [0.1, 0.15) is 31.4 Å². The number of hydrogen-bond acceptors (Lipinski definition) is 10. The van der Waals surface area contributed by atoms with Gasteiger partial charge < -0.3 is 29.6 Å². The predicted octanol–water partition coefficient (Wildman–Crippen LogP) is 6.15. The van der Waals surface area contributed by atoms with Crippen LogP contribution in [-0.2, 0) is 4.74 Å². The minimum Gasteiger partial charge on any atom is -0.493 e. The molecule has 40 heavy (non-hydrogen) atoms. The van der Waals surface area contributed by atoms with Crippen molar-refractivity contribution in [2.24, 2.45) is 0 Å². The van der Waals surface area contributed by atoms with Gasteiger partial charge in [-0.15, -0.1) is 0 Å². The molecule has 0 aliphatic heterocycles. The Morgan fingerprint density at radius 2 is 1.62 bits per heavy atom. The van der Waals surface area contributed by atoms with Gasteiger partial charge in [-0.1, -0.05) is 0 Å². The molecule has 0 aliphatic carbocycles. The van der Waals surface area contributed by atoms with Crippen LogP contribution in [0.3, 0.4) is 0 Å². The lowest BCUT2D eigenvalue weighted by Crippen LogP contribution is -2.11. The van der Waals surface area contributed by atoms with Gasteiger partial charge in [0.15, 0.2) is 11.5 Å². The third-order valence-corrected chi connectivity index (χ3v) is 5.82. The molecule has 0 saturated heterocycles. The first-order chi connectivity index (χ1) is 19.4. The van der Waals surface area contributed by atoms with E-state index in [9.17, 15) is 5.26 Å². The number of ether oxygens (including phenoxy) is 4. The van der Waals surface area contributed by atoms with E-state index < -0.39 is 0 Å². The molecule has 0 spiro atoms. The standard InChI is InChI=1S/C30H30N6O4/c1-19(2)39-13-5-12-33-26-16-27(36-30(35-26)34-23-9-6-20(17-31)7-10-23)40-29-25(37-3)15-22-14-21(18-32)8-11-24(22)28(29)38-4/h6-11,14-16,19H,5,12-13H2,1-4H3,(H2,33,34,35,36). The van der Waals surface area contributed by atoms with Gasteiger partial charge in [0, 0.05) is 30.3 Å². The third-order valence-electron chi connectivity index (χ3n) is 5.82. The summed E-state index contributed by atoms with van der Waals surface area (Å²) < 4.78 is 23.3. The number of rotatable bonds is 12. The molecule has 4 rings (SSSR count). The molecule has 0 unspecified atom stereocenters. The van der Waals surface area contributed by atoms with Gasteiger partial charge in [0.2, 0.25) is 17.6 Å². The van der Waals surface area contributed by atoms with Gasteiger partial charge in [-0.05, 0) is 74.2 Å². The zero-order valence-corrected chi connectivity index (χ0v) is 22.8. The molecule has 0 bridgehead atoms. The molecular formula is C30H30N6O4. The summed E-state index contributed by atoms with van der Waals surface area (Å²) in [5, 5.41) is 26.4. The lowest BCUT2D eigenvalue weighted by atomic mass is 10.1. The smallest absolute Gasteiger partial charge is 0.232 e. The van der Waals surface area contributed by atoms with Gasteiger partial charge in [-0.2, -0.15) is 20.5 Å². The summed E-state index contributed by atoms with van der Waals surface area (Å²) in [4.78, 5) is 9.15. The molecule has 0 amide bonds. The van der Waals surface area contributed by atoms with Gasteiger partial charge in [-0.3, -0.25) is 0 Å². The molecule has 0 saturated carbocycles. The first-order valence-electron chi connectivity index (χ1n) is 12.7. The zero-order valence-electron chi connectivity index (χ0n) is 22.8. The number of methoxy groups -OCH3 is 2. The topological polar surface area (TPSA) is 134 Å². The fourth-order valence-corrected chi connectivity index (χ4v) is 3.94. The van der Waals surface area contributed by atoms with Crippen LogP contribution in [0, 0.1) is 22.7 Å². The van der Waals surface area contributed by atoms with E-state index in [2.05, 4.69) is 32.7 Å². The monoisotopic (exact) mass is 538 g/mol. The van der Waals surface area contributed by atoms with Crippen LogP contribution < -0.4 is 24.8 Å². The van der Waals surface area contributed by atoms with Crippen LogP contribution in [0.5, 0.6) is 23.1 Å². The first kappa shape index (κ1) is 28.0. The van der Waals surface area contributed by atoms with Crippen molar-refractivity contribution < 1.29 is 18.9 Å². The Bertz CT molecular complexity index is 1560. The Hall–Kier alpha value is -5.06. The number of nitriles is 2. The molecule has 2 N–H and O–H groups in total. The predicted molar refractivity (Wildman–Crippen MR) is 153 cm³/mol. The molecule has 0 fully saturated rings. The minimum absolute atomic E-state index is 0.167. The SMILES string of the molecule is COc1cc2cc(C#N)ccc2c(OC)c1Oc1cc(NCCCOC(C)C)nc(Nc2ccc(C#N)cc2)n1. The molecule has 0 atom stereocenters. The largest absolute Gasteiger partial charge is 0.493 e. The van der Waals surface area contributed by atoms with Crippen LogP contribution >= 0.6 is 0 Å². The van der Waals surface area contributed by atoms with Crippen molar-refractivity contribution in [1.82, 2.24) is 9.97 Å². The van der Waals surface area contributed by atoms with E-state index >= 15 is 0 Å². The number of hydrogen-bond donors (Lipinski definition) is 2. The molecule has 3 aromatic carbocycles. The summed E-state index contributed by atoms with van der Waals surface area (Å²) in [6.07, 6.45) is 0.953. The summed E-state index contributed by atoms with van der Waals surface area (Å²) >= 11 is 0. The third kappa shape index (κ3) is 6.87. The maximum atomic E-state index is 9.31. The fourth-order valence-electron chi connectivity index (χ4n) is 3.94. The van der Waals surface area contributed by atoms with Crippen LogP contribution in [0.2, 0.25) is 0 Å². The Labute approximate surface area is 233 Å². The number of nitrogens with one attached hydrogen (secondary N) is 2. The van der Waals surface area contributed by atoms with Crippen molar-refractivity contribution in [2.45, 2.75) is 26.4 Å². The van der Waals surface area contributed by atoms with Crippen molar-refractivity contribution in [1.29, 1.82) is 10.5 Å². The average molecular weight is 539 g/mol. The lowest BCUT2D eigenvalue weighted by molar-refractivity contribution is 0.0787. The van der Waals surface area contributed by atoms with Gasteiger partial charge in [0.25, 0.3) is 0 Å². The van der Waals surface area contributed by atoms with Gasteiger partial charge in [0.1, 0.15) is 5.82 Å². The summed E-state index contributed by atoms with van der Waals surface area (Å²) in [6, 6.07) is 20.0. The summed E-state index contributed by atoms with van der Waals surface area (Å²) in [6.45, 7) is 5.25. The van der Waals surface area contributed by atoms with Gasteiger partial charge in [-0.25, -0.2) is 0 Å². The van der Waals surface area contributed by atoms with Gasteiger partial charge >= 0.3 is 0 Å². The van der Waals surface area contributed by atoms with E-state index in [1.165, 1.54) is 7.11 Å². The van der Waals surface area contributed by atoms with E-state index in [0.717, 1.165) is 17.2 Å². The fraction of sp³-hybridized carbons (Fsp3) is 0.267. The number of aromatic nitrogens is 2. The highest BCUT2D eigenvalue weighted by molar-refractivity contribution is 5.94. The molecule has 204 valence electrons. The maximum Gasteiger partial charge on any atom is 0.232 e. The normalized spacial score (nSPS) is 10.6. The molecule has 1 heterocycles. The van der Waals surface area contributed by atoms with Crippen molar-refractivity contribution >= 4 is 28.2 Å². The maximum absolute atomic E-state index is 9.31. The quantitative estimate of drug-likeness (QED) is 0.202. The van der Waals surface area contributed by atoms with E-state index in [-0.39, 0.29) is 12.0 Å². The van der Waals surface area contributed by atoms with E-state index in [1.54, 1.807) is 55.6 Å². The Morgan fingerprint density at radius 1 is 0.875 bits per heavy atom. The molecule has 10 heteroatoms. The number of nitrogens with zero attached hydrogens (tertiary/aromatic N) is 4. The minimum atomic E-state index is 0.167. The molecular weight excluding hydrogens is 508 g/mol. The van der Waals surface area contributed by atoms with Crippen LogP contribution in [0.4, 0.5) is 17.5 Å². The van der Waals surface area contributed by atoms with Crippen molar-refractivity contribution in [3.8, 4) is 35.3 Å². The van der Waals surface area contributed by atoms with E-state index in [1.807, 2.05) is 19.9 Å². The number of anilines is 3. The second-order valence-electron chi connectivity index (χ2n) is 9.02. The molecule has 0 aliphatic rings. The van der Waals surface area contributed by atoms with Crippen molar-refractivity contribution in [3.63, 3.8) is 0 Å². The molecule has 1 aromatic heterocycles. The van der Waals surface area contributed by atoms with E-state index in [4.69, 9.17) is 24.2 Å². The highest BCUT2D eigenvalue weighted by atomic mass is 16.5. The molecule has 0 radical (unpaired) electrons. The average Bonchev–Trinajstić information content (AvgIpc) is 2.96. The summed E-state index contributed by atoms with van der Waals surface area (Å²) in [7, 11) is 3.08.